The predicted octanol–water partition coefficient (Wildman–Crippen LogP) is 3.72. The van der Waals surface area contributed by atoms with Gasteiger partial charge in [0, 0.05) is 17.1 Å². The van der Waals surface area contributed by atoms with Crippen molar-refractivity contribution >= 4 is 17.5 Å². The first kappa shape index (κ1) is 18.8. The van der Waals surface area contributed by atoms with E-state index in [1.807, 2.05) is 30.3 Å². The number of hydrogen-bond donors (Lipinski definition) is 2. The second-order valence-corrected chi connectivity index (χ2v) is 6.30. The first-order valence-electron chi connectivity index (χ1n) is 8.40. The quantitative estimate of drug-likeness (QED) is 0.649. The molecule has 0 bridgehead atoms. The Bertz CT molecular complexity index is 940. The third-order valence-corrected chi connectivity index (χ3v) is 4.38. The molecular formula is C20H20ClN3O3. The molecule has 0 aliphatic heterocycles. The first-order valence-corrected chi connectivity index (χ1v) is 8.78. The fourth-order valence-electron chi connectivity index (χ4n) is 2.77. The molecule has 3 rings (SSSR count). The third-order valence-electron chi connectivity index (χ3n) is 4.14. The van der Waals surface area contributed by atoms with Crippen molar-refractivity contribution in [3.8, 4) is 22.8 Å². The number of carbonyl (C=O) groups is 1. The second kappa shape index (κ2) is 8.60. The summed E-state index contributed by atoms with van der Waals surface area (Å²) in [7, 11) is 3.19. The third kappa shape index (κ3) is 4.41. The van der Waals surface area contributed by atoms with Crippen molar-refractivity contribution in [2.75, 3.05) is 20.8 Å². The Labute approximate surface area is 162 Å². The number of halogens is 1. The molecule has 0 atom stereocenters. The Hall–Kier alpha value is -2.99. The van der Waals surface area contributed by atoms with E-state index in [2.05, 4.69) is 15.5 Å². The normalized spacial score (nSPS) is 10.5. The maximum absolute atomic E-state index is 12.5. The van der Waals surface area contributed by atoms with Crippen molar-refractivity contribution in [2.45, 2.75) is 6.42 Å². The zero-order chi connectivity index (χ0) is 19.2. The van der Waals surface area contributed by atoms with Crippen LogP contribution in [0.5, 0.6) is 11.5 Å². The zero-order valence-electron chi connectivity index (χ0n) is 15.1. The summed E-state index contributed by atoms with van der Waals surface area (Å²) in [6.45, 7) is 0.481. The number of aromatic nitrogens is 2. The van der Waals surface area contributed by atoms with E-state index in [9.17, 15) is 4.79 Å². The summed E-state index contributed by atoms with van der Waals surface area (Å²) >= 11 is 6.04. The number of benzene rings is 2. The largest absolute Gasteiger partial charge is 0.493 e. The second-order valence-electron chi connectivity index (χ2n) is 5.86. The smallest absolute Gasteiger partial charge is 0.255 e. The fourth-order valence-corrected chi connectivity index (χ4v) is 2.96. The number of carbonyl (C=O) groups excluding carboxylic acids is 1. The van der Waals surface area contributed by atoms with E-state index in [-0.39, 0.29) is 5.91 Å². The molecule has 0 saturated heterocycles. The number of H-pyrrole nitrogens is 1. The van der Waals surface area contributed by atoms with Crippen LogP contribution in [-0.2, 0) is 6.42 Å². The highest BCUT2D eigenvalue weighted by atomic mass is 35.5. The van der Waals surface area contributed by atoms with Crippen LogP contribution in [0.15, 0.2) is 48.7 Å². The van der Waals surface area contributed by atoms with Crippen molar-refractivity contribution in [3.63, 3.8) is 0 Å². The Morgan fingerprint density at radius 1 is 1.15 bits per heavy atom. The molecule has 0 fully saturated rings. The molecule has 0 radical (unpaired) electrons. The van der Waals surface area contributed by atoms with Crippen LogP contribution in [0.2, 0.25) is 5.02 Å². The predicted molar refractivity (Wildman–Crippen MR) is 105 cm³/mol. The number of hydrogen-bond acceptors (Lipinski definition) is 4. The van der Waals surface area contributed by atoms with Gasteiger partial charge in [-0.05, 0) is 36.2 Å². The average Bonchev–Trinajstić information content (AvgIpc) is 3.17. The lowest BCUT2D eigenvalue weighted by molar-refractivity contribution is 0.0955. The van der Waals surface area contributed by atoms with Crippen LogP contribution in [0.1, 0.15) is 15.9 Å². The molecule has 0 spiro atoms. The molecule has 1 amide bonds. The molecule has 6 nitrogen and oxygen atoms in total. The topological polar surface area (TPSA) is 76.2 Å². The Morgan fingerprint density at radius 2 is 1.96 bits per heavy atom. The highest BCUT2D eigenvalue weighted by Crippen LogP contribution is 2.27. The van der Waals surface area contributed by atoms with E-state index >= 15 is 0 Å². The van der Waals surface area contributed by atoms with Gasteiger partial charge in [0.05, 0.1) is 31.7 Å². The lowest BCUT2D eigenvalue weighted by Crippen LogP contribution is -2.25. The number of ether oxygens (including phenoxy) is 2. The minimum Gasteiger partial charge on any atom is -0.493 e. The summed E-state index contributed by atoms with van der Waals surface area (Å²) in [6.07, 6.45) is 2.18. The summed E-state index contributed by atoms with van der Waals surface area (Å²) in [6, 6.07) is 13.0. The van der Waals surface area contributed by atoms with Crippen molar-refractivity contribution in [1.29, 1.82) is 0 Å². The van der Waals surface area contributed by atoms with Gasteiger partial charge in [-0.25, -0.2) is 0 Å². The summed E-state index contributed by atoms with van der Waals surface area (Å²) in [5.41, 5.74) is 2.96. The summed E-state index contributed by atoms with van der Waals surface area (Å²) in [5.74, 6) is 1.15. The molecule has 2 N–H and O–H groups in total. The number of nitrogens with zero attached hydrogens (tertiary/aromatic N) is 1. The highest BCUT2D eigenvalue weighted by molar-refractivity contribution is 6.30. The van der Waals surface area contributed by atoms with Gasteiger partial charge in [-0.1, -0.05) is 29.8 Å². The van der Waals surface area contributed by atoms with Crippen LogP contribution < -0.4 is 14.8 Å². The molecule has 7 heteroatoms. The van der Waals surface area contributed by atoms with Gasteiger partial charge in [-0.15, -0.1) is 0 Å². The molecule has 1 heterocycles. The molecule has 0 saturated carbocycles. The number of rotatable bonds is 7. The van der Waals surface area contributed by atoms with Gasteiger partial charge in [0.15, 0.2) is 11.5 Å². The van der Waals surface area contributed by atoms with E-state index in [1.54, 1.807) is 26.4 Å². The molecule has 3 aromatic rings. The standard InChI is InChI=1S/C20H20ClN3O3/c1-26-17-7-6-13(10-18(17)27-2)8-9-22-20(25)16-12-23-24-19(16)14-4-3-5-15(21)11-14/h3-7,10-12H,8-9H2,1-2H3,(H,22,25)(H,23,24). The number of amides is 1. The molecule has 27 heavy (non-hydrogen) atoms. The van der Waals surface area contributed by atoms with Crippen molar-refractivity contribution < 1.29 is 14.3 Å². The maximum Gasteiger partial charge on any atom is 0.255 e. The summed E-state index contributed by atoms with van der Waals surface area (Å²) in [4.78, 5) is 12.5. The Morgan fingerprint density at radius 3 is 2.70 bits per heavy atom. The fraction of sp³-hybridized carbons (Fsp3) is 0.200. The molecule has 2 aromatic carbocycles. The number of nitrogens with one attached hydrogen (secondary N) is 2. The molecule has 1 aromatic heterocycles. The number of methoxy groups -OCH3 is 2. The SMILES string of the molecule is COc1ccc(CCNC(=O)c2cn[nH]c2-c2cccc(Cl)c2)cc1OC. The highest BCUT2D eigenvalue weighted by Gasteiger charge is 2.15. The van der Waals surface area contributed by atoms with Crippen molar-refractivity contribution in [1.82, 2.24) is 15.5 Å². The van der Waals surface area contributed by atoms with Gasteiger partial charge < -0.3 is 14.8 Å². The molecule has 0 aliphatic rings. The summed E-state index contributed by atoms with van der Waals surface area (Å²) in [5, 5.41) is 10.4. The van der Waals surface area contributed by atoms with E-state index in [0.717, 1.165) is 11.1 Å². The van der Waals surface area contributed by atoms with Crippen LogP contribution in [0.4, 0.5) is 0 Å². The maximum atomic E-state index is 12.5. The minimum atomic E-state index is -0.195. The minimum absolute atomic E-state index is 0.195. The van der Waals surface area contributed by atoms with E-state index < -0.39 is 0 Å². The Balaban J connectivity index is 1.65. The molecule has 0 unspecified atom stereocenters. The summed E-state index contributed by atoms with van der Waals surface area (Å²) < 4.78 is 10.5. The van der Waals surface area contributed by atoms with E-state index in [1.165, 1.54) is 6.20 Å². The molecule has 140 valence electrons. The first-order chi connectivity index (χ1) is 13.1. The van der Waals surface area contributed by atoms with Gasteiger partial charge in [0.2, 0.25) is 0 Å². The van der Waals surface area contributed by atoms with Crippen LogP contribution in [-0.4, -0.2) is 36.9 Å². The zero-order valence-corrected chi connectivity index (χ0v) is 15.8. The molecular weight excluding hydrogens is 366 g/mol. The molecule has 0 aliphatic carbocycles. The van der Waals surface area contributed by atoms with Crippen LogP contribution in [0, 0.1) is 0 Å². The monoisotopic (exact) mass is 385 g/mol. The van der Waals surface area contributed by atoms with Crippen LogP contribution in [0.25, 0.3) is 11.3 Å². The van der Waals surface area contributed by atoms with E-state index in [0.29, 0.717) is 40.7 Å². The number of aromatic amines is 1. The Kier molecular flexibility index (Phi) is 5.98. The van der Waals surface area contributed by atoms with Crippen molar-refractivity contribution in [2.24, 2.45) is 0 Å². The van der Waals surface area contributed by atoms with E-state index in [4.69, 9.17) is 21.1 Å². The van der Waals surface area contributed by atoms with Gasteiger partial charge in [0.1, 0.15) is 0 Å². The lowest BCUT2D eigenvalue weighted by Gasteiger charge is -2.10. The van der Waals surface area contributed by atoms with Gasteiger partial charge in [-0.3, -0.25) is 9.89 Å². The van der Waals surface area contributed by atoms with Crippen LogP contribution in [0.3, 0.4) is 0 Å². The van der Waals surface area contributed by atoms with Crippen LogP contribution >= 0.6 is 11.6 Å². The van der Waals surface area contributed by atoms with Gasteiger partial charge >= 0.3 is 0 Å². The van der Waals surface area contributed by atoms with Gasteiger partial charge in [0.25, 0.3) is 5.91 Å². The van der Waals surface area contributed by atoms with Crippen molar-refractivity contribution in [3.05, 3.63) is 64.8 Å². The van der Waals surface area contributed by atoms with Gasteiger partial charge in [-0.2, -0.15) is 5.10 Å². The average molecular weight is 386 g/mol. The lowest BCUT2D eigenvalue weighted by atomic mass is 10.1.